The zero-order valence-corrected chi connectivity index (χ0v) is 17.5. The average Bonchev–Trinajstić information content (AvgIpc) is 2.81. The van der Waals surface area contributed by atoms with Crippen molar-refractivity contribution < 1.29 is 5.11 Å². The van der Waals surface area contributed by atoms with Crippen LogP contribution in [-0.4, -0.2) is 10.7 Å². The second kappa shape index (κ2) is 9.30. The molecule has 0 aromatic heterocycles. The van der Waals surface area contributed by atoms with Gasteiger partial charge in [0.15, 0.2) is 0 Å². The van der Waals surface area contributed by atoms with Crippen molar-refractivity contribution in [3.05, 3.63) is 108 Å². The Morgan fingerprint density at radius 1 is 0.867 bits per heavy atom. The second-order valence-corrected chi connectivity index (χ2v) is 8.16. The fraction of sp³-hybridized carbons (Fsp3) is 0.286. The molecule has 2 N–H and O–H groups in total. The fourth-order valence-electron chi connectivity index (χ4n) is 4.58. The average molecular weight is 396 g/mol. The molecule has 0 aliphatic carbocycles. The number of nitrogens with one attached hydrogen (secondary N) is 1. The van der Waals surface area contributed by atoms with Crippen LogP contribution < -0.4 is 5.32 Å². The Hall–Kier alpha value is -2.86. The molecule has 1 saturated heterocycles. The molecule has 0 amide bonds. The van der Waals surface area contributed by atoms with Crippen molar-refractivity contribution in [2.24, 2.45) is 5.92 Å². The van der Waals surface area contributed by atoms with Crippen LogP contribution in [0.4, 0.5) is 0 Å². The molecule has 30 heavy (non-hydrogen) atoms. The number of hydrogen-bond acceptors (Lipinski definition) is 2. The number of rotatable bonds is 4. The van der Waals surface area contributed by atoms with E-state index in [2.05, 4.69) is 72.6 Å². The molecule has 1 aliphatic heterocycles. The first-order chi connectivity index (χ1) is 14.7. The van der Waals surface area contributed by atoms with E-state index in [1.54, 1.807) is 0 Å². The van der Waals surface area contributed by atoms with Gasteiger partial charge in [0.1, 0.15) is 5.60 Å². The molecule has 3 aromatic carbocycles. The highest BCUT2D eigenvalue weighted by Gasteiger charge is 2.47. The zero-order chi connectivity index (χ0) is 20.8. The van der Waals surface area contributed by atoms with E-state index < -0.39 is 5.60 Å². The topological polar surface area (TPSA) is 32.3 Å². The van der Waals surface area contributed by atoms with E-state index in [1.807, 2.05) is 42.5 Å². The minimum Gasteiger partial charge on any atom is -0.377 e. The summed E-state index contributed by atoms with van der Waals surface area (Å²) < 4.78 is 0. The normalized spacial score (nSPS) is 25.9. The van der Waals surface area contributed by atoms with Crippen LogP contribution in [0.3, 0.4) is 0 Å². The van der Waals surface area contributed by atoms with Gasteiger partial charge >= 0.3 is 0 Å². The molecule has 0 spiro atoms. The minimum absolute atomic E-state index is 0.0149. The van der Waals surface area contributed by atoms with Gasteiger partial charge in [-0.3, -0.25) is 0 Å². The van der Waals surface area contributed by atoms with Crippen LogP contribution in [0, 0.1) is 17.8 Å². The summed E-state index contributed by atoms with van der Waals surface area (Å²) in [7, 11) is 0. The van der Waals surface area contributed by atoms with E-state index in [1.165, 1.54) is 11.1 Å². The summed E-state index contributed by atoms with van der Waals surface area (Å²) >= 11 is 0. The van der Waals surface area contributed by atoms with Crippen molar-refractivity contribution in [3.63, 3.8) is 0 Å². The van der Waals surface area contributed by atoms with E-state index in [4.69, 9.17) is 0 Å². The molecule has 1 heterocycles. The van der Waals surface area contributed by atoms with E-state index in [9.17, 15) is 5.11 Å². The van der Waals surface area contributed by atoms with E-state index in [0.29, 0.717) is 6.42 Å². The summed E-state index contributed by atoms with van der Waals surface area (Å²) in [5.41, 5.74) is 2.26. The van der Waals surface area contributed by atoms with Gasteiger partial charge in [-0.25, -0.2) is 0 Å². The molecule has 1 aliphatic rings. The SMILES string of the molecule is CCC[C@@H]1[C@H](c2ccccc2)N[C@@H](c2ccccc2)C[C@]1(O)C#Cc1ccccc1. The van der Waals surface area contributed by atoms with Gasteiger partial charge in [-0.05, 0) is 29.7 Å². The molecule has 0 bridgehead atoms. The first kappa shape index (κ1) is 20.4. The largest absolute Gasteiger partial charge is 0.377 e. The lowest BCUT2D eigenvalue weighted by molar-refractivity contribution is -0.0317. The van der Waals surface area contributed by atoms with Crippen LogP contribution in [0.25, 0.3) is 0 Å². The lowest BCUT2D eigenvalue weighted by Crippen LogP contribution is -2.52. The summed E-state index contributed by atoms with van der Waals surface area (Å²) in [6.07, 6.45) is 2.49. The van der Waals surface area contributed by atoms with Crippen molar-refractivity contribution in [1.29, 1.82) is 0 Å². The predicted molar refractivity (Wildman–Crippen MR) is 123 cm³/mol. The van der Waals surface area contributed by atoms with Crippen LogP contribution in [0.15, 0.2) is 91.0 Å². The lowest BCUT2D eigenvalue weighted by Gasteiger charge is -2.46. The van der Waals surface area contributed by atoms with Gasteiger partial charge in [-0.2, -0.15) is 0 Å². The first-order valence-corrected chi connectivity index (χ1v) is 10.9. The third-order valence-corrected chi connectivity index (χ3v) is 6.07. The van der Waals surface area contributed by atoms with Crippen LogP contribution >= 0.6 is 0 Å². The van der Waals surface area contributed by atoms with Gasteiger partial charge in [-0.15, -0.1) is 0 Å². The zero-order valence-electron chi connectivity index (χ0n) is 17.5. The summed E-state index contributed by atoms with van der Waals surface area (Å²) in [6, 6.07) is 30.9. The Kier molecular flexibility index (Phi) is 6.33. The van der Waals surface area contributed by atoms with Crippen molar-refractivity contribution >= 4 is 0 Å². The molecular formula is C28H29NO. The maximum atomic E-state index is 12.0. The molecule has 2 nitrogen and oxygen atoms in total. The molecule has 0 unspecified atom stereocenters. The molecule has 2 heteroatoms. The Balaban J connectivity index is 1.77. The third-order valence-electron chi connectivity index (χ3n) is 6.07. The monoisotopic (exact) mass is 395 g/mol. The molecule has 4 atom stereocenters. The molecule has 3 aromatic rings. The molecule has 0 radical (unpaired) electrons. The van der Waals surface area contributed by atoms with E-state index in [0.717, 1.165) is 18.4 Å². The van der Waals surface area contributed by atoms with Gasteiger partial charge in [0.2, 0.25) is 0 Å². The van der Waals surface area contributed by atoms with Crippen LogP contribution in [0.1, 0.15) is 55.0 Å². The first-order valence-electron chi connectivity index (χ1n) is 10.9. The van der Waals surface area contributed by atoms with Gasteiger partial charge in [0.05, 0.1) is 0 Å². The van der Waals surface area contributed by atoms with Crippen molar-refractivity contribution in [3.8, 4) is 11.8 Å². The van der Waals surface area contributed by atoms with Gasteiger partial charge < -0.3 is 10.4 Å². The highest BCUT2D eigenvalue weighted by atomic mass is 16.3. The summed E-state index contributed by atoms with van der Waals surface area (Å²) in [4.78, 5) is 0. The minimum atomic E-state index is -1.07. The third kappa shape index (κ3) is 4.49. The van der Waals surface area contributed by atoms with Gasteiger partial charge in [-0.1, -0.05) is 104 Å². The molecule has 4 rings (SSSR count). The summed E-state index contributed by atoms with van der Waals surface area (Å²) in [6.45, 7) is 2.18. The molecule has 0 saturated carbocycles. The quantitative estimate of drug-likeness (QED) is 0.559. The van der Waals surface area contributed by atoms with E-state index >= 15 is 0 Å². The Bertz CT molecular complexity index is 990. The standard InChI is InChI=1S/C28H29NO/c1-2-12-25-27(24-17-10-5-11-18-24)29-26(23-15-8-4-9-16-23)21-28(25,30)20-19-22-13-6-3-7-14-22/h3-11,13-18,25-27,29-30H,2,12,21H2,1H3/t25-,26-,27+,28-/m1/s1. The Labute approximate surface area is 180 Å². The maximum absolute atomic E-state index is 12.0. The highest BCUT2D eigenvalue weighted by Crippen LogP contribution is 2.45. The number of aliphatic hydroxyl groups is 1. The predicted octanol–water partition coefficient (Wildman–Crippen LogP) is 5.66. The number of piperidine rings is 1. The highest BCUT2D eigenvalue weighted by molar-refractivity contribution is 5.38. The maximum Gasteiger partial charge on any atom is 0.132 e. The smallest absolute Gasteiger partial charge is 0.132 e. The van der Waals surface area contributed by atoms with Crippen LogP contribution in [-0.2, 0) is 0 Å². The summed E-state index contributed by atoms with van der Waals surface area (Å²) in [5, 5.41) is 15.8. The van der Waals surface area contributed by atoms with Crippen molar-refractivity contribution in [2.45, 2.75) is 43.9 Å². The van der Waals surface area contributed by atoms with Crippen molar-refractivity contribution in [1.82, 2.24) is 5.32 Å². The van der Waals surface area contributed by atoms with E-state index in [-0.39, 0.29) is 18.0 Å². The molecular weight excluding hydrogens is 366 g/mol. The van der Waals surface area contributed by atoms with Gasteiger partial charge in [0, 0.05) is 30.0 Å². The number of benzene rings is 3. The lowest BCUT2D eigenvalue weighted by atomic mass is 9.69. The van der Waals surface area contributed by atoms with Gasteiger partial charge in [0.25, 0.3) is 0 Å². The fourth-order valence-corrected chi connectivity index (χ4v) is 4.58. The van der Waals surface area contributed by atoms with Crippen molar-refractivity contribution in [2.75, 3.05) is 0 Å². The Morgan fingerprint density at radius 2 is 1.43 bits per heavy atom. The molecule has 1 fully saturated rings. The van der Waals surface area contributed by atoms with Crippen LogP contribution in [0.5, 0.6) is 0 Å². The van der Waals surface area contributed by atoms with Crippen LogP contribution in [0.2, 0.25) is 0 Å². The number of hydrogen-bond donors (Lipinski definition) is 2. The Morgan fingerprint density at radius 3 is 2.03 bits per heavy atom. The summed E-state index contributed by atoms with van der Waals surface area (Å²) in [5.74, 6) is 6.59. The molecule has 152 valence electrons. The second-order valence-electron chi connectivity index (χ2n) is 8.16.